The van der Waals surface area contributed by atoms with Crippen LogP contribution in [0, 0.1) is 0 Å². The molecular weight excluding hydrogens is 258 g/mol. The maximum Gasteiger partial charge on any atom is 0.321 e. The van der Waals surface area contributed by atoms with Crippen LogP contribution >= 0.6 is 0 Å². The lowest BCUT2D eigenvalue weighted by Gasteiger charge is -2.25. The molecule has 0 aromatic heterocycles. The number of carboxylic acids is 1. The Labute approximate surface area is 118 Å². The number of carboxylic acid groups (broad SMARTS) is 1. The number of nitrogens with zero attached hydrogens (tertiary/aromatic N) is 1. The number of aliphatic hydroxyl groups excluding tert-OH is 1. The minimum absolute atomic E-state index is 0.0369. The van der Waals surface area contributed by atoms with Crippen molar-refractivity contribution in [3.8, 4) is 0 Å². The van der Waals surface area contributed by atoms with Gasteiger partial charge in [-0.1, -0.05) is 30.3 Å². The fourth-order valence-corrected chi connectivity index (χ4v) is 2.57. The summed E-state index contributed by atoms with van der Waals surface area (Å²) in [5, 5.41) is 22.3. The number of likely N-dealkylation sites (tertiary alicyclic amines) is 1. The molecule has 1 fully saturated rings. The molecule has 6 nitrogen and oxygen atoms in total. The summed E-state index contributed by atoms with van der Waals surface area (Å²) in [5.41, 5.74) is 6.57. The first-order valence-electron chi connectivity index (χ1n) is 6.75. The standard InChI is InChI=1S/C14H21N3O3/c15-7-13(18)17-9-11(6-12(17)14(19)20)16-8-10-4-2-1-3-5-10/h1-5,11-13,16,18H,6-9,15H2,(H,19,20)/t11-,12+,13?/m1/s1. The van der Waals surface area contributed by atoms with Crippen LogP contribution in [0.2, 0.25) is 0 Å². The molecule has 20 heavy (non-hydrogen) atoms. The number of carbonyl (C=O) groups is 1. The molecule has 1 unspecified atom stereocenters. The monoisotopic (exact) mass is 279 g/mol. The smallest absolute Gasteiger partial charge is 0.321 e. The van der Waals surface area contributed by atoms with Crippen molar-refractivity contribution in [2.45, 2.75) is 31.3 Å². The molecule has 2 rings (SSSR count). The Bertz CT molecular complexity index is 441. The number of benzene rings is 1. The fourth-order valence-electron chi connectivity index (χ4n) is 2.57. The molecule has 3 atom stereocenters. The van der Waals surface area contributed by atoms with Gasteiger partial charge in [-0.05, 0) is 12.0 Å². The molecule has 5 N–H and O–H groups in total. The molecule has 1 heterocycles. The molecule has 1 aromatic rings. The van der Waals surface area contributed by atoms with Gasteiger partial charge in [0.15, 0.2) is 0 Å². The second-order valence-electron chi connectivity index (χ2n) is 5.07. The summed E-state index contributed by atoms with van der Waals surface area (Å²) in [7, 11) is 0. The summed E-state index contributed by atoms with van der Waals surface area (Å²) >= 11 is 0. The highest BCUT2D eigenvalue weighted by atomic mass is 16.4. The van der Waals surface area contributed by atoms with E-state index in [2.05, 4.69) is 5.32 Å². The average molecular weight is 279 g/mol. The first-order valence-corrected chi connectivity index (χ1v) is 6.75. The van der Waals surface area contributed by atoms with Crippen LogP contribution in [0.15, 0.2) is 30.3 Å². The topological polar surface area (TPSA) is 98.8 Å². The molecule has 1 aromatic carbocycles. The van der Waals surface area contributed by atoms with Crippen molar-refractivity contribution in [1.82, 2.24) is 10.2 Å². The maximum atomic E-state index is 11.2. The zero-order valence-electron chi connectivity index (χ0n) is 11.3. The molecule has 0 amide bonds. The van der Waals surface area contributed by atoms with Crippen molar-refractivity contribution in [1.29, 1.82) is 0 Å². The number of aliphatic carboxylic acids is 1. The van der Waals surface area contributed by atoms with E-state index in [0.717, 1.165) is 5.56 Å². The number of hydrogen-bond acceptors (Lipinski definition) is 5. The number of nitrogens with one attached hydrogen (secondary N) is 1. The van der Waals surface area contributed by atoms with E-state index in [-0.39, 0.29) is 12.6 Å². The van der Waals surface area contributed by atoms with E-state index in [9.17, 15) is 15.0 Å². The summed E-state index contributed by atoms with van der Waals surface area (Å²) in [6.07, 6.45) is -0.432. The summed E-state index contributed by atoms with van der Waals surface area (Å²) in [4.78, 5) is 12.8. The van der Waals surface area contributed by atoms with Gasteiger partial charge in [-0.25, -0.2) is 0 Å². The third-order valence-corrected chi connectivity index (χ3v) is 3.66. The molecule has 1 aliphatic rings. The van der Waals surface area contributed by atoms with E-state index >= 15 is 0 Å². The van der Waals surface area contributed by atoms with Gasteiger partial charge < -0.3 is 21.3 Å². The normalized spacial score (nSPS) is 24.7. The highest BCUT2D eigenvalue weighted by Gasteiger charge is 2.39. The maximum absolute atomic E-state index is 11.2. The van der Waals surface area contributed by atoms with Crippen molar-refractivity contribution in [3.63, 3.8) is 0 Å². The van der Waals surface area contributed by atoms with Crippen LogP contribution in [0.5, 0.6) is 0 Å². The number of nitrogens with two attached hydrogens (primary N) is 1. The fraction of sp³-hybridized carbons (Fsp3) is 0.500. The lowest BCUT2D eigenvalue weighted by molar-refractivity contribution is -0.145. The predicted molar refractivity (Wildman–Crippen MR) is 74.9 cm³/mol. The SMILES string of the molecule is NCC(O)N1C[C@H](NCc2ccccc2)C[C@H]1C(=O)O. The molecular formula is C14H21N3O3. The molecule has 1 saturated heterocycles. The molecule has 0 aliphatic carbocycles. The minimum Gasteiger partial charge on any atom is -0.480 e. The number of aliphatic hydroxyl groups is 1. The van der Waals surface area contributed by atoms with Crippen molar-refractivity contribution >= 4 is 5.97 Å². The summed E-state index contributed by atoms with van der Waals surface area (Å²) in [5.74, 6) is -0.915. The van der Waals surface area contributed by atoms with Gasteiger partial charge in [0.1, 0.15) is 12.3 Å². The highest BCUT2D eigenvalue weighted by molar-refractivity contribution is 5.74. The van der Waals surface area contributed by atoms with E-state index in [1.807, 2.05) is 30.3 Å². The van der Waals surface area contributed by atoms with Crippen molar-refractivity contribution in [2.24, 2.45) is 5.73 Å². The second-order valence-corrected chi connectivity index (χ2v) is 5.07. The first kappa shape index (κ1) is 14.9. The quantitative estimate of drug-likeness (QED) is 0.564. The molecule has 0 radical (unpaired) electrons. The van der Waals surface area contributed by atoms with Crippen molar-refractivity contribution < 1.29 is 15.0 Å². The van der Waals surface area contributed by atoms with E-state index in [1.54, 1.807) is 4.90 Å². The van der Waals surface area contributed by atoms with E-state index in [0.29, 0.717) is 19.5 Å². The Kier molecular flexibility index (Phi) is 5.08. The zero-order chi connectivity index (χ0) is 14.5. The Morgan fingerprint density at radius 3 is 2.75 bits per heavy atom. The number of hydrogen-bond donors (Lipinski definition) is 4. The van der Waals surface area contributed by atoms with Gasteiger partial charge in [-0.15, -0.1) is 0 Å². The molecule has 1 aliphatic heterocycles. The van der Waals surface area contributed by atoms with Gasteiger partial charge in [0.25, 0.3) is 0 Å². The minimum atomic E-state index is -0.915. The van der Waals surface area contributed by atoms with Crippen LogP contribution in [0.4, 0.5) is 0 Å². The van der Waals surface area contributed by atoms with Gasteiger partial charge in [0.2, 0.25) is 0 Å². The first-order chi connectivity index (χ1) is 9.61. The van der Waals surface area contributed by atoms with Gasteiger partial charge >= 0.3 is 5.97 Å². The molecule has 6 heteroatoms. The van der Waals surface area contributed by atoms with Crippen LogP contribution in [0.1, 0.15) is 12.0 Å². The van der Waals surface area contributed by atoms with Crippen LogP contribution in [-0.4, -0.2) is 52.5 Å². The lowest BCUT2D eigenvalue weighted by Crippen LogP contribution is -2.47. The second kappa shape index (κ2) is 6.81. The summed E-state index contributed by atoms with van der Waals surface area (Å²) < 4.78 is 0. The van der Waals surface area contributed by atoms with Crippen molar-refractivity contribution in [3.05, 3.63) is 35.9 Å². The predicted octanol–water partition coefficient (Wildman–Crippen LogP) is -0.419. The van der Waals surface area contributed by atoms with E-state index < -0.39 is 18.2 Å². The molecule has 0 bridgehead atoms. The van der Waals surface area contributed by atoms with E-state index in [1.165, 1.54) is 0 Å². The van der Waals surface area contributed by atoms with Gasteiger partial charge in [0, 0.05) is 25.7 Å². The van der Waals surface area contributed by atoms with E-state index in [4.69, 9.17) is 5.73 Å². The largest absolute Gasteiger partial charge is 0.480 e. The molecule has 0 saturated carbocycles. The van der Waals surface area contributed by atoms with Gasteiger partial charge in [0.05, 0.1) is 0 Å². The third kappa shape index (κ3) is 3.55. The van der Waals surface area contributed by atoms with Crippen LogP contribution < -0.4 is 11.1 Å². The zero-order valence-corrected chi connectivity index (χ0v) is 11.3. The summed E-state index contributed by atoms with van der Waals surface area (Å²) in [6, 6.07) is 9.29. The van der Waals surface area contributed by atoms with Gasteiger partial charge in [-0.3, -0.25) is 9.69 Å². The lowest BCUT2D eigenvalue weighted by atomic mass is 10.1. The Morgan fingerprint density at radius 2 is 2.15 bits per heavy atom. The van der Waals surface area contributed by atoms with Crippen molar-refractivity contribution in [2.75, 3.05) is 13.1 Å². The number of rotatable bonds is 6. The Balaban J connectivity index is 1.92. The van der Waals surface area contributed by atoms with Crippen LogP contribution in [-0.2, 0) is 11.3 Å². The van der Waals surface area contributed by atoms with Gasteiger partial charge in [-0.2, -0.15) is 0 Å². The Morgan fingerprint density at radius 1 is 1.45 bits per heavy atom. The molecule has 110 valence electrons. The molecule has 0 spiro atoms. The van der Waals surface area contributed by atoms with Crippen LogP contribution in [0.25, 0.3) is 0 Å². The summed E-state index contributed by atoms with van der Waals surface area (Å²) in [6.45, 7) is 1.21. The highest BCUT2D eigenvalue weighted by Crippen LogP contribution is 2.20. The van der Waals surface area contributed by atoms with Crippen LogP contribution in [0.3, 0.4) is 0 Å². The average Bonchev–Trinajstić information content (AvgIpc) is 2.90. The third-order valence-electron chi connectivity index (χ3n) is 3.66. The Hall–Kier alpha value is -1.47.